The lowest BCUT2D eigenvalue weighted by atomic mass is 10.2. The number of likely N-dealkylation sites (N-methyl/N-ethyl adjacent to an activating group) is 2. The molecule has 0 bridgehead atoms. The van der Waals surface area contributed by atoms with Crippen LogP contribution in [0.3, 0.4) is 0 Å². The van der Waals surface area contributed by atoms with E-state index in [-0.39, 0.29) is 0 Å². The highest BCUT2D eigenvalue weighted by Crippen LogP contribution is 2.18. The van der Waals surface area contributed by atoms with Gasteiger partial charge in [0.25, 0.3) is 0 Å². The van der Waals surface area contributed by atoms with Crippen molar-refractivity contribution in [3.05, 3.63) is 59.7 Å². The average Bonchev–Trinajstić information content (AvgIpc) is 2.71. The minimum Gasteiger partial charge on any atom is -0.354 e. The maximum Gasteiger partial charge on any atom is 0.172 e. The second kappa shape index (κ2) is 10.6. The first-order chi connectivity index (χ1) is 13.5. The molecule has 2 aromatic carbocycles. The van der Waals surface area contributed by atoms with Crippen LogP contribution >= 0.6 is 0 Å². The number of aliphatic imine (C=N–C) groups is 2. The van der Waals surface area contributed by atoms with Gasteiger partial charge in [-0.25, -0.2) is 9.98 Å². The summed E-state index contributed by atoms with van der Waals surface area (Å²) in [6.45, 7) is 16.4. The smallest absolute Gasteiger partial charge is 0.172 e. The van der Waals surface area contributed by atoms with Crippen molar-refractivity contribution < 1.29 is 0 Å². The largest absolute Gasteiger partial charge is 0.354 e. The first-order valence-electron chi connectivity index (χ1n) is 10.3. The third-order valence-electron chi connectivity index (χ3n) is 4.86. The van der Waals surface area contributed by atoms with Gasteiger partial charge in [0.1, 0.15) is 0 Å². The number of hydrogen-bond acceptors (Lipinski definition) is 2. The van der Waals surface area contributed by atoms with E-state index < -0.39 is 0 Å². The van der Waals surface area contributed by atoms with Crippen molar-refractivity contribution in [3.8, 4) is 0 Å². The van der Waals surface area contributed by atoms with Crippen LogP contribution in [-0.2, 0) is 0 Å². The molecule has 0 heterocycles. The van der Waals surface area contributed by atoms with Crippen molar-refractivity contribution in [2.75, 3.05) is 26.2 Å². The van der Waals surface area contributed by atoms with Gasteiger partial charge < -0.3 is 9.80 Å². The Morgan fingerprint density at radius 2 is 0.857 bits per heavy atom. The van der Waals surface area contributed by atoms with E-state index >= 15 is 0 Å². The van der Waals surface area contributed by atoms with Crippen LogP contribution in [0.4, 0.5) is 11.4 Å². The van der Waals surface area contributed by atoms with E-state index in [4.69, 9.17) is 9.98 Å². The standard InChI is InChI=1S/C24H34N4/c1-7-27(8-2)23(25-21-15-11-19(5)12-16-21)24(28(9-3)10-4)26-22-17-13-20(6)14-18-22/h11-18H,7-10H2,1-6H3. The summed E-state index contributed by atoms with van der Waals surface area (Å²) >= 11 is 0. The molecule has 4 heteroatoms. The van der Waals surface area contributed by atoms with Crippen LogP contribution in [0.1, 0.15) is 38.8 Å². The zero-order chi connectivity index (χ0) is 20.5. The molecule has 0 atom stereocenters. The average molecular weight is 379 g/mol. The highest BCUT2D eigenvalue weighted by molar-refractivity contribution is 6.41. The Morgan fingerprint density at radius 1 is 0.571 bits per heavy atom. The molecule has 0 aliphatic rings. The normalized spacial score (nSPS) is 12.2. The molecule has 0 fully saturated rings. The van der Waals surface area contributed by atoms with Crippen molar-refractivity contribution in [3.63, 3.8) is 0 Å². The van der Waals surface area contributed by atoms with Gasteiger partial charge in [0.15, 0.2) is 11.7 Å². The number of aryl methyl sites for hydroxylation is 2. The molecule has 28 heavy (non-hydrogen) atoms. The van der Waals surface area contributed by atoms with E-state index in [9.17, 15) is 0 Å². The monoisotopic (exact) mass is 378 g/mol. The number of amidine groups is 2. The van der Waals surface area contributed by atoms with Gasteiger partial charge in [0, 0.05) is 26.2 Å². The Morgan fingerprint density at radius 3 is 1.11 bits per heavy atom. The minimum absolute atomic E-state index is 0.884. The van der Waals surface area contributed by atoms with E-state index in [2.05, 4.69) is 99.9 Å². The second-order valence-corrected chi connectivity index (χ2v) is 6.89. The lowest BCUT2D eigenvalue weighted by Gasteiger charge is -2.30. The summed E-state index contributed by atoms with van der Waals surface area (Å²) in [5.41, 5.74) is 4.38. The van der Waals surface area contributed by atoms with Crippen LogP contribution in [0.2, 0.25) is 0 Å². The summed E-state index contributed by atoms with van der Waals surface area (Å²) in [6.07, 6.45) is 0. The van der Waals surface area contributed by atoms with E-state index in [0.717, 1.165) is 49.2 Å². The molecule has 0 saturated carbocycles. The SMILES string of the molecule is CCN(CC)C(=Nc1ccc(C)cc1)C(=Nc1ccc(C)cc1)N(CC)CC. The molecular weight excluding hydrogens is 344 g/mol. The molecule has 0 spiro atoms. The molecule has 0 radical (unpaired) electrons. The van der Waals surface area contributed by atoms with Gasteiger partial charge in [0.2, 0.25) is 0 Å². The first-order valence-corrected chi connectivity index (χ1v) is 10.3. The molecule has 0 aliphatic carbocycles. The van der Waals surface area contributed by atoms with Crippen molar-refractivity contribution in [1.29, 1.82) is 0 Å². The molecule has 0 unspecified atom stereocenters. The molecule has 2 aromatic rings. The quantitative estimate of drug-likeness (QED) is 0.473. The number of hydrogen-bond donors (Lipinski definition) is 0. The molecule has 150 valence electrons. The Bertz CT molecular complexity index is 711. The van der Waals surface area contributed by atoms with Crippen molar-refractivity contribution in [2.45, 2.75) is 41.5 Å². The second-order valence-electron chi connectivity index (χ2n) is 6.89. The fourth-order valence-corrected chi connectivity index (χ4v) is 3.05. The molecule has 2 rings (SSSR count). The molecule has 0 amide bonds. The zero-order valence-electron chi connectivity index (χ0n) is 18.2. The molecule has 0 N–H and O–H groups in total. The van der Waals surface area contributed by atoms with Gasteiger partial charge >= 0.3 is 0 Å². The molecule has 0 aliphatic heterocycles. The topological polar surface area (TPSA) is 31.2 Å². The molecule has 4 nitrogen and oxygen atoms in total. The van der Waals surface area contributed by atoms with Gasteiger partial charge in [0.05, 0.1) is 11.4 Å². The van der Waals surface area contributed by atoms with Gasteiger partial charge in [-0.2, -0.15) is 0 Å². The maximum absolute atomic E-state index is 5.04. The van der Waals surface area contributed by atoms with Crippen LogP contribution in [0.25, 0.3) is 0 Å². The number of benzene rings is 2. The van der Waals surface area contributed by atoms with Gasteiger partial charge in [-0.05, 0) is 65.8 Å². The van der Waals surface area contributed by atoms with Crippen molar-refractivity contribution in [1.82, 2.24) is 9.80 Å². The highest BCUT2D eigenvalue weighted by Gasteiger charge is 2.20. The summed E-state index contributed by atoms with van der Waals surface area (Å²) < 4.78 is 0. The predicted molar refractivity (Wildman–Crippen MR) is 122 cm³/mol. The van der Waals surface area contributed by atoms with E-state index in [1.54, 1.807) is 0 Å². The third-order valence-corrected chi connectivity index (χ3v) is 4.86. The lowest BCUT2D eigenvalue weighted by Crippen LogP contribution is -2.45. The number of nitrogens with zero attached hydrogens (tertiary/aromatic N) is 4. The van der Waals surface area contributed by atoms with Crippen LogP contribution in [0.15, 0.2) is 58.5 Å². The summed E-state index contributed by atoms with van der Waals surface area (Å²) in [4.78, 5) is 14.7. The van der Waals surface area contributed by atoms with Gasteiger partial charge in [-0.15, -0.1) is 0 Å². The van der Waals surface area contributed by atoms with Crippen LogP contribution < -0.4 is 0 Å². The Balaban J connectivity index is 2.62. The maximum atomic E-state index is 5.04. The number of rotatable bonds is 6. The Kier molecular flexibility index (Phi) is 8.24. The third kappa shape index (κ3) is 5.69. The summed E-state index contributed by atoms with van der Waals surface area (Å²) in [7, 11) is 0. The summed E-state index contributed by atoms with van der Waals surface area (Å²) in [5, 5.41) is 0. The molecular formula is C24H34N4. The predicted octanol–water partition coefficient (Wildman–Crippen LogP) is 5.75. The lowest BCUT2D eigenvalue weighted by molar-refractivity contribution is 0.440. The van der Waals surface area contributed by atoms with Gasteiger partial charge in [-0.1, -0.05) is 35.4 Å². The molecule has 0 aromatic heterocycles. The van der Waals surface area contributed by atoms with E-state index in [1.165, 1.54) is 11.1 Å². The highest BCUT2D eigenvalue weighted by atomic mass is 15.3. The fourth-order valence-electron chi connectivity index (χ4n) is 3.05. The summed E-state index contributed by atoms with van der Waals surface area (Å²) in [6, 6.07) is 16.7. The Labute approximate surface area is 170 Å². The summed E-state index contributed by atoms with van der Waals surface area (Å²) in [5.74, 6) is 1.86. The van der Waals surface area contributed by atoms with Crippen LogP contribution in [-0.4, -0.2) is 47.7 Å². The Hall–Kier alpha value is -2.62. The van der Waals surface area contributed by atoms with Gasteiger partial charge in [-0.3, -0.25) is 0 Å². The van der Waals surface area contributed by atoms with Crippen molar-refractivity contribution in [2.24, 2.45) is 9.98 Å². The van der Waals surface area contributed by atoms with Crippen molar-refractivity contribution >= 4 is 23.0 Å². The first kappa shape index (κ1) is 21.7. The minimum atomic E-state index is 0.884. The zero-order valence-corrected chi connectivity index (χ0v) is 18.2. The molecule has 0 saturated heterocycles. The fraction of sp³-hybridized carbons (Fsp3) is 0.417. The van der Waals surface area contributed by atoms with Crippen LogP contribution in [0, 0.1) is 13.8 Å². The van der Waals surface area contributed by atoms with E-state index in [1.807, 2.05) is 0 Å². The van der Waals surface area contributed by atoms with E-state index in [0.29, 0.717) is 0 Å². The van der Waals surface area contributed by atoms with Crippen LogP contribution in [0.5, 0.6) is 0 Å².